The van der Waals surface area contributed by atoms with E-state index in [2.05, 4.69) is 15.2 Å². The molecule has 4 aromatic heterocycles. The fourth-order valence-electron chi connectivity index (χ4n) is 2.87. The Morgan fingerprint density at radius 3 is 2.08 bits per heavy atom. The minimum absolute atomic E-state index is 0.108. The van der Waals surface area contributed by atoms with Gasteiger partial charge in [-0.1, -0.05) is 0 Å². The summed E-state index contributed by atoms with van der Waals surface area (Å²) in [4.78, 5) is 34.6. The second-order valence-electron chi connectivity index (χ2n) is 7.46. The van der Waals surface area contributed by atoms with E-state index in [1.807, 2.05) is 28.4 Å². The standard InChI is InChI=1S/C18H17N5O2S.2C2HF3O2/c1-22-18(24)15-14(12-3-5-19-6-4-12)11-26-17(15)16(21-22)13-9-20-23(10-13)7-8-25-2;2*3-2(4,5)1(6)7/h3-6,9-11H,7-8H2,1-2H3;2*(H,6,7). The molecular formula is C22H19F6N5O6S. The second-order valence-corrected chi connectivity index (χ2v) is 8.34. The molecule has 216 valence electrons. The summed E-state index contributed by atoms with van der Waals surface area (Å²) in [6.07, 6.45) is -3.01. The quantitative estimate of drug-likeness (QED) is 0.328. The molecule has 4 heterocycles. The van der Waals surface area contributed by atoms with Crippen LogP contribution >= 0.6 is 11.3 Å². The molecule has 2 N–H and O–H groups in total. The van der Waals surface area contributed by atoms with Crippen LogP contribution in [0.2, 0.25) is 0 Å². The molecule has 0 bridgehead atoms. The molecule has 40 heavy (non-hydrogen) atoms. The van der Waals surface area contributed by atoms with E-state index >= 15 is 0 Å². The van der Waals surface area contributed by atoms with Crippen LogP contribution in [0, 0.1) is 0 Å². The Kier molecular flexibility index (Phi) is 10.5. The summed E-state index contributed by atoms with van der Waals surface area (Å²) in [7, 11) is 3.34. The number of rotatable bonds is 5. The van der Waals surface area contributed by atoms with Crippen LogP contribution in [0.25, 0.3) is 32.5 Å². The largest absolute Gasteiger partial charge is 0.490 e. The number of methoxy groups -OCH3 is 1. The Morgan fingerprint density at radius 1 is 1.02 bits per heavy atom. The van der Waals surface area contributed by atoms with Gasteiger partial charge in [0.1, 0.15) is 5.69 Å². The minimum atomic E-state index is -5.08. The summed E-state index contributed by atoms with van der Waals surface area (Å²) in [6.45, 7) is 1.25. The Hall–Kier alpha value is -4.32. The number of hydrogen-bond acceptors (Lipinski definition) is 8. The Labute approximate surface area is 223 Å². The summed E-state index contributed by atoms with van der Waals surface area (Å²) in [5.41, 5.74) is 3.41. The van der Waals surface area contributed by atoms with E-state index in [-0.39, 0.29) is 5.56 Å². The fourth-order valence-corrected chi connectivity index (χ4v) is 3.95. The number of aromatic nitrogens is 5. The zero-order valence-corrected chi connectivity index (χ0v) is 21.2. The molecule has 0 radical (unpaired) electrons. The number of halogens is 6. The van der Waals surface area contributed by atoms with Crippen molar-refractivity contribution in [2.75, 3.05) is 13.7 Å². The normalized spacial score (nSPS) is 11.3. The summed E-state index contributed by atoms with van der Waals surface area (Å²) >= 11 is 1.52. The third-order valence-corrected chi connectivity index (χ3v) is 5.66. The molecule has 0 unspecified atom stereocenters. The number of nitrogens with zero attached hydrogens (tertiary/aromatic N) is 5. The highest BCUT2D eigenvalue weighted by atomic mass is 32.1. The van der Waals surface area contributed by atoms with Crippen LogP contribution in [-0.4, -0.2) is 72.8 Å². The molecule has 0 saturated heterocycles. The molecule has 0 aliphatic carbocycles. The Bertz CT molecular complexity index is 1490. The zero-order chi connectivity index (χ0) is 30.3. The van der Waals surface area contributed by atoms with Crippen molar-refractivity contribution in [3.8, 4) is 22.4 Å². The minimum Gasteiger partial charge on any atom is -0.475 e. The van der Waals surface area contributed by atoms with Crippen molar-refractivity contribution in [2.45, 2.75) is 18.9 Å². The maximum absolute atomic E-state index is 12.8. The molecule has 0 fully saturated rings. The smallest absolute Gasteiger partial charge is 0.475 e. The molecule has 0 aromatic carbocycles. The molecule has 4 aromatic rings. The van der Waals surface area contributed by atoms with Gasteiger partial charge in [-0.05, 0) is 17.7 Å². The topological polar surface area (TPSA) is 149 Å². The first-order valence-electron chi connectivity index (χ1n) is 10.6. The maximum atomic E-state index is 12.8. The number of carboxylic acid groups (broad SMARTS) is 2. The lowest BCUT2D eigenvalue weighted by atomic mass is 10.1. The van der Waals surface area contributed by atoms with Gasteiger partial charge >= 0.3 is 24.3 Å². The van der Waals surface area contributed by atoms with Crippen LogP contribution in [0.4, 0.5) is 26.3 Å². The SMILES string of the molecule is COCCn1cc(-c2nn(C)c(=O)c3c(-c4ccncc4)csc23)cn1.O=C(O)C(F)(F)F.O=C(O)C(F)(F)F. The third kappa shape index (κ3) is 8.34. The van der Waals surface area contributed by atoms with Crippen LogP contribution < -0.4 is 5.56 Å². The van der Waals surface area contributed by atoms with Gasteiger partial charge in [0, 0.05) is 49.3 Å². The van der Waals surface area contributed by atoms with Gasteiger partial charge in [0.05, 0.1) is 29.4 Å². The highest BCUT2D eigenvalue weighted by Gasteiger charge is 2.38. The number of carbonyl (C=O) groups is 2. The number of pyridine rings is 1. The van der Waals surface area contributed by atoms with Crippen LogP contribution in [0.3, 0.4) is 0 Å². The first-order valence-corrected chi connectivity index (χ1v) is 11.5. The average Bonchev–Trinajstić information content (AvgIpc) is 3.53. The summed E-state index contributed by atoms with van der Waals surface area (Å²) in [5, 5.41) is 25.8. The van der Waals surface area contributed by atoms with Crippen molar-refractivity contribution in [1.82, 2.24) is 24.5 Å². The van der Waals surface area contributed by atoms with Gasteiger partial charge in [-0.2, -0.15) is 36.5 Å². The molecule has 0 atom stereocenters. The fraction of sp³-hybridized carbons (Fsp3) is 0.273. The summed E-state index contributed by atoms with van der Waals surface area (Å²) < 4.78 is 72.6. The number of carboxylic acids is 2. The molecule has 0 amide bonds. The van der Waals surface area contributed by atoms with Crippen molar-refractivity contribution in [1.29, 1.82) is 0 Å². The number of hydrogen-bond donors (Lipinski definition) is 2. The van der Waals surface area contributed by atoms with Gasteiger partial charge in [0.25, 0.3) is 5.56 Å². The number of fused-ring (bicyclic) bond motifs is 1. The van der Waals surface area contributed by atoms with Gasteiger partial charge in [-0.25, -0.2) is 14.3 Å². The average molecular weight is 595 g/mol. The number of alkyl halides is 6. The first kappa shape index (κ1) is 31.9. The zero-order valence-electron chi connectivity index (χ0n) is 20.4. The lowest BCUT2D eigenvalue weighted by Gasteiger charge is -2.05. The molecule has 0 spiro atoms. The molecule has 18 heteroatoms. The van der Waals surface area contributed by atoms with Gasteiger partial charge < -0.3 is 14.9 Å². The summed E-state index contributed by atoms with van der Waals surface area (Å²) in [6, 6.07) is 3.81. The van der Waals surface area contributed by atoms with Crippen molar-refractivity contribution < 1.29 is 50.9 Å². The number of aliphatic carboxylic acids is 2. The molecular weight excluding hydrogens is 576 g/mol. The van der Waals surface area contributed by atoms with E-state index in [0.717, 1.165) is 27.1 Å². The monoisotopic (exact) mass is 595 g/mol. The van der Waals surface area contributed by atoms with E-state index < -0.39 is 24.3 Å². The van der Waals surface area contributed by atoms with Gasteiger partial charge in [0.15, 0.2) is 0 Å². The number of aryl methyl sites for hydroxylation is 1. The molecule has 0 aliphatic heterocycles. The molecule has 11 nitrogen and oxygen atoms in total. The molecule has 4 rings (SSSR count). The third-order valence-electron chi connectivity index (χ3n) is 4.67. The van der Waals surface area contributed by atoms with E-state index in [1.165, 1.54) is 16.0 Å². The van der Waals surface area contributed by atoms with Crippen molar-refractivity contribution >= 4 is 33.4 Å². The second kappa shape index (κ2) is 13.2. The highest BCUT2D eigenvalue weighted by molar-refractivity contribution is 7.18. The van der Waals surface area contributed by atoms with Crippen LogP contribution in [0.15, 0.2) is 47.1 Å². The van der Waals surface area contributed by atoms with E-state index in [9.17, 15) is 31.1 Å². The number of ether oxygens (including phenoxy) is 1. The maximum Gasteiger partial charge on any atom is 0.490 e. The lowest BCUT2D eigenvalue weighted by Crippen LogP contribution is -2.21. The Balaban J connectivity index is 0.000000333. The first-order chi connectivity index (χ1) is 18.6. The van der Waals surface area contributed by atoms with Crippen molar-refractivity contribution in [2.24, 2.45) is 7.05 Å². The van der Waals surface area contributed by atoms with Gasteiger partial charge in [-0.15, -0.1) is 11.3 Å². The molecule has 0 aliphatic rings. The van der Waals surface area contributed by atoms with Crippen molar-refractivity contribution in [3.05, 3.63) is 52.7 Å². The Morgan fingerprint density at radius 2 is 1.57 bits per heavy atom. The van der Waals surface area contributed by atoms with E-state index in [0.29, 0.717) is 18.5 Å². The summed E-state index contributed by atoms with van der Waals surface area (Å²) in [5.74, 6) is -5.51. The van der Waals surface area contributed by atoms with Crippen LogP contribution in [-0.2, 0) is 27.9 Å². The molecule has 0 saturated carbocycles. The van der Waals surface area contributed by atoms with E-state index in [4.69, 9.17) is 24.5 Å². The van der Waals surface area contributed by atoms with Crippen LogP contribution in [0.1, 0.15) is 0 Å². The van der Waals surface area contributed by atoms with Gasteiger partial charge in [0.2, 0.25) is 0 Å². The lowest BCUT2D eigenvalue weighted by molar-refractivity contribution is -0.193. The predicted octanol–water partition coefficient (Wildman–Crippen LogP) is 3.83. The number of thiophene rings is 1. The highest BCUT2D eigenvalue weighted by Crippen LogP contribution is 2.36. The van der Waals surface area contributed by atoms with Gasteiger partial charge in [-0.3, -0.25) is 14.5 Å². The van der Waals surface area contributed by atoms with E-state index in [1.54, 1.807) is 32.7 Å². The predicted molar refractivity (Wildman–Crippen MR) is 129 cm³/mol. The van der Waals surface area contributed by atoms with Crippen molar-refractivity contribution in [3.63, 3.8) is 0 Å². The van der Waals surface area contributed by atoms with Crippen LogP contribution in [0.5, 0.6) is 0 Å².